The number of carbonyl (C=O) groups excluding carboxylic acids is 1. The zero-order valence-electron chi connectivity index (χ0n) is 11.8. The van der Waals surface area contributed by atoms with Gasteiger partial charge in [-0.3, -0.25) is 4.79 Å². The first kappa shape index (κ1) is 15.1. The summed E-state index contributed by atoms with van der Waals surface area (Å²) in [4.78, 5) is 15.8. The molecule has 1 saturated carbocycles. The van der Waals surface area contributed by atoms with Gasteiger partial charge in [-0.2, -0.15) is 4.72 Å². The van der Waals surface area contributed by atoms with Crippen molar-refractivity contribution < 1.29 is 13.6 Å². The molecule has 0 radical (unpaired) electrons. The first-order chi connectivity index (χ1) is 10.5. The summed E-state index contributed by atoms with van der Waals surface area (Å²) in [5, 5.41) is 4.80. The Kier molecular flexibility index (Phi) is 3.98. The zero-order valence-corrected chi connectivity index (χ0v) is 13.4. The monoisotopic (exact) mass is 337 g/mol. The van der Waals surface area contributed by atoms with Crippen LogP contribution in [0.4, 0.5) is 10.8 Å². The van der Waals surface area contributed by atoms with Crippen molar-refractivity contribution in [3.05, 3.63) is 35.8 Å². The lowest BCUT2D eigenvalue weighted by molar-refractivity contribution is -0.117. The lowest BCUT2D eigenvalue weighted by Gasteiger charge is -2.14. The number of anilines is 2. The summed E-state index contributed by atoms with van der Waals surface area (Å²) in [5.41, 5.74) is 0.595. The van der Waals surface area contributed by atoms with E-state index in [-0.39, 0.29) is 16.7 Å². The number of nitrogens with one attached hydrogen (secondary N) is 2. The van der Waals surface area contributed by atoms with Gasteiger partial charge in [0, 0.05) is 23.2 Å². The van der Waals surface area contributed by atoms with Crippen molar-refractivity contribution in [1.82, 2.24) is 4.98 Å². The number of nitrogens with zero attached hydrogens (tertiary/aromatic N) is 1. The second-order valence-corrected chi connectivity index (χ2v) is 7.85. The predicted octanol–water partition coefficient (Wildman–Crippen LogP) is 2.75. The molecule has 0 spiro atoms. The average molecular weight is 337 g/mol. The van der Waals surface area contributed by atoms with Crippen LogP contribution in [0.1, 0.15) is 13.3 Å². The normalized spacial score (nSPS) is 22.6. The minimum atomic E-state index is -3.66. The molecular weight excluding hydrogens is 322 g/mol. The summed E-state index contributed by atoms with van der Waals surface area (Å²) in [6.45, 7) is 2.03. The van der Waals surface area contributed by atoms with Crippen LogP contribution in [0.5, 0.6) is 0 Å². The Hall–Kier alpha value is -1.77. The molecule has 6 nitrogen and oxygen atoms in total. The molecule has 1 aliphatic rings. The Morgan fingerprint density at radius 1 is 1.41 bits per heavy atom. The lowest BCUT2D eigenvalue weighted by atomic mass is 10.3. The molecule has 1 amide bonds. The number of aromatic nitrogens is 1. The van der Waals surface area contributed by atoms with Gasteiger partial charge in [0.25, 0.3) is 0 Å². The molecule has 3 atom stereocenters. The highest BCUT2D eigenvalue weighted by Crippen LogP contribution is 2.38. The first-order valence-corrected chi connectivity index (χ1v) is 9.15. The predicted molar refractivity (Wildman–Crippen MR) is 85.2 cm³/mol. The average Bonchev–Trinajstić information content (AvgIpc) is 2.99. The Labute approximate surface area is 133 Å². The summed E-state index contributed by atoms with van der Waals surface area (Å²) in [6.07, 6.45) is 2.44. The third-order valence-corrected chi connectivity index (χ3v) is 5.70. The molecule has 2 N–H and O–H groups in total. The van der Waals surface area contributed by atoms with Gasteiger partial charge in [-0.05, 0) is 36.6 Å². The van der Waals surface area contributed by atoms with Crippen molar-refractivity contribution in [1.29, 1.82) is 0 Å². The van der Waals surface area contributed by atoms with Gasteiger partial charge < -0.3 is 9.87 Å². The molecule has 116 valence electrons. The van der Waals surface area contributed by atoms with Gasteiger partial charge >= 0.3 is 0 Å². The maximum atomic E-state index is 12.2. The van der Waals surface area contributed by atoms with E-state index in [0.717, 1.165) is 6.42 Å². The van der Waals surface area contributed by atoms with E-state index in [1.54, 1.807) is 17.5 Å². The number of amides is 1. The fourth-order valence-corrected chi connectivity index (χ4v) is 3.88. The number of rotatable bonds is 5. The molecule has 8 heteroatoms. The number of hydrogen-bond acceptors (Lipinski definition) is 5. The standard InChI is InChI=1S/C14H15N3O3S2/c1-9-8-12(9)13(18)16-10-2-4-11(5-3-10)22(19,20)17-14-15-6-7-21-14/h2-7,9,12H,8H2,1H3,(H2-,15,16,17,18,19,20). The number of hydrogen-bond donors (Lipinski definition) is 2. The molecule has 1 aliphatic carbocycles. The van der Waals surface area contributed by atoms with Crippen molar-refractivity contribution >= 4 is 38.5 Å². The van der Waals surface area contributed by atoms with Gasteiger partial charge in [0.05, 0.1) is 0 Å². The molecule has 1 aromatic carbocycles. The second-order valence-electron chi connectivity index (χ2n) is 5.28. The van der Waals surface area contributed by atoms with Crippen LogP contribution in [0.15, 0.2) is 40.7 Å². The van der Waals surface area contributed by atoms with Gasteiger partial charge in [-0.1, -0.05) is 11.1 Å². The van der Waals surface area contributed by atoms with E-state index in [0.29, 0.717) is 16.7 Å². The highest BCUT2D eigenvalue weighted by atomic mass is 32.3. The van der Waals surface area contributed by atoms with E-state index >= 15 is 0 Å². The third kappa shape index (κ3) is 3.34. The van der Waals surface area contributed by atoms with Gasteiger partial charge in [0.2, 0.25) is 11.0 Å². The highest BCUT2D eigenvalue weighted by molar-refractivity contribution is 7.99. The minimum Gasteiger partial charge on any atom is -0.588 e. The van der Waals surface area contributed by atoms with Crippen molar-refractivity contribution in [2.45, 2.75) is 18.2 Å². The van der Waals surface area contributed by atoms with Crippen molar-refractivity contribution in [3.8, 4) is 0 Å². The van der Waals surface area contributed by atoms with E-state index in [9.17, 15) is 13.6 Å². The molecule has 0 bridgehead atoms. The smallest absolute Gasteiger partial charge is 0.227 e. The first-order valence-electron chi connectivity index (χ1n) is 6.79. The number of benzene rings is 1. The largest absolute Gasteiger partial charge is 0.588 e. The van der Waals surface area contributed by atoms with Crippen LogP contribution in [0.3, 0.4) is 0 Å². The van der Waals surface area contributed by atoms with Crippen molar-refractivity contribution in [2.75, 3.05) is 10.0 Å². The van der Waals surface area contributed by atoms with Crippen LogP contribution in [-0.4, -0.2) is 15.4 Å². The molecule has 1 heterocycles. The SMILES string of the molecule is CC1CC1C(=O)Nc1ccc([S+](=O)([O-])Nc2nccs2)cc1. The topological polar surface area (TPSA) is 94.2 Å². The van der Waals surface area contributed by atoms with E-state index < -0.39 is 10.4 Å². The fraction of sp³-hybridized carbons (Fsp3) is 0.286. The van der Waals surface area contributed by atoms with E-state index in [1.165, 1.54) is 29.7 Å². The van der Waals surface area contributed by atoms with Crippen LogP contribution in [-0.2, 0) is 19.4 Å². The number of carbonyl (C=O) groups is 1. The molecule has 1 aromatic heterocycles. The van der Waals surface area contributed by atoms with E-state index in [1.807, 2.05) is 6.92 Å². The van der Waals surface area contributed by atoms with E-state index in [4.69, 9.17) is 0 Å². The third-order valence-electron chi connectivity index (χ3n) is 3.53. The van der Waals surface area contributed by atoms with Gasteiger partial charge in [-0.25, -0.2) is 4.98 Å². The number of thiazole rings is 1. The highest BCUT2D eigenvalue weighted by Gasteiger charge is 2.39. The Bertz CT molecular complexity index is 715. The minimum absolute atomic E-state index is 0.0102. The van der Waals surface area contributed by atoms with Crippen LogP contribution in [0.25, 0.3) is 0 Å². The Morgan fingerprint density at radius 2 is 2.09 bits per heavy atom. The molecule has 22 heavy (non-hydrogen) atoms. The molecule has 2 aromatic rings. The van der Waals surface area contributed by atoms with Gasteiger partial charge in [-0.15, -0.1) is 11.3 Å². The molecule has 0 aliphatic heterocycles. The fourth-order valence-electron chi connectivity index (χ4n) is 2.09. The maximum Gasteiger partial charge on any atom is 0.227 e. The molecule has 0 saturated heterocycles. The quantitative estimate of drug-likeness (QED) is 0.820. The van der Waals surface area contributed by atoms with Crippen LogP contribution >= 0.6 is 11.3 Å². The van der Waals surface area contributed by atoms with Crippen LogP contribution < -0.4 is 10.0 Å². The maximum absolute atomic E-state index is 12.2. The molecule has 3 unspecified atom stereocenters. The number of sulfonamides is 1. The summed E-state index contributed by atoms with van der Waals surface area (Å²) in [5.74, 6) is 0.501. The summed E-state index contributed by atoms with van der Waals surface area (Å²) >= 11 is 1.21. The van der Waals surface area contributed by atoms with Crippen LogP contribution in [0.2, 0.25) is 0 Å². The lowest BCUT2D eigenvalue weighted by Crippen LogP contribution is -2.21. The summed E-state index contributed by atoms with van der Waals surface area (Å²) < 4.78 is 26.7. The Balaban J connectivity index is 1.68. The summed E-state index contributed by atoms with van der Waals surface area (Å²) in [6, 6.07) is 6.09. The molecule has 1 fully saturated rings. The van der Waals surface area contributed by atoms with Crippen molar-refractivity contribution in [2.24, 2.45) is 11.8 Å². The summed E-state index contributed by atoms with van der Waals surface area (Å²) in [7, 11) is -3.66. The second kappa shape index (κ2) is 5.79. The van der Waals surface area contributed by atoms with Crippen molar-refractivity contribution in [3.63, 3.8) is 0 Å². The zero-order chi connectivity index (χ0) is 15.7. The van der Waals surface area contributed by atoms with Gasteiger partial charge in [0.1, 0.15) is 0 Å². The Morgan fingerprint density at radius 3 is 2.64 bits per heavy atom. The van der Waals surface area contributed by atoms with Gasteiger partial charge in [0.15, 0.2) is 15.3 Å². The molecule has 3 rings (SSSR count). The molecular formula is C14H15N3O3S2. The van der Waals surface area contributed by atoms with E-state index in [2.05, 4.69) is 15.0 Å². The van der Waals surface area contributed by atoms with Crippen LogP contribution in [0, 0.1) is 11.8 Å².